The van der Waals surface area contributed by atoms with Gasteiger partial charge in [0.15, 0.2) is 0 Å². The highest BCUT2D eigenvalue weighted by Crippen LogP contribution is 2.20. The fraction of sp³-hybridized carbons (Fsp3) is 0.227. The van der Waals surface area contributed by atoms with Crippen LogP contribution in [0.2, 0.25) is 0 Å². The second-order valence-electron chi connectivity index (χ2n) is 6.25. The molecule has 0 atom stereocenters. The first kappa shape index (κ1) is 19.9. The van der Waals surface area contributed by atoms with Gasteiger partial charge in [-0.05, 0) is 42.8 Å². The Hall–Kier alpha value is -2.86. The van der Waals surface area contributed by atoms with E-state index in [1.165, 1.54) is 11.8 Å². The molecular weight excluding hydrogens is 372 g/mol. The van der Waals surface area contributed by atoms with Gasteiger partial charge in [-0.15, -0.1) is 0 Å². The molecule has 0 spiro atoms. The minimum atomic E-state index is -0.343. The van der Waals surface area contributed by atoms with Gasteiger partial charge in [0.2, 0.25) is 5.91 Å². The second kappa shape index (κ2) is 9.90. The van der Waals surface area contributed by atoms with E-state index < -0.39 is 0 Å². The molecule has 0 saturated heterocycles. The molecule has 0 saturated carbocycles. The predicted octanol–water partition coefficient (Wildman–Crippen LogP) is 4.92. The summed E-state index contributed by atoms with van der Waals surface area (Å²) in [5.41, 5.74) is 2.03. The number of anilines is 1. The van der Waals surface area contributed by atoms with Gasteiger partial charge in [0, 0.05) is 11.1 Å². The molecule has 0 fully saturated rings. The Morgan fingerprint density at radius 1 is 1.04 bits per heavy atom. The Balaban J connectivity index is 1.50. The van der Waals surface area contributed by atoms with Gasteiger partial charge in [-0.3, -0.25) is 4.79 Å². The average Bonchev–Trinajstić information content (AvgIpc) is 2.73. The van der Waals surface area contributed by atoms with Gasteiger partial charge in [0.1, 0.15) is 0 Å². The number of hydrogen-bond acceptors (Lipinski definition) is 5. The van der Waals surface area contributed by atoms with E-state index in [-0.39, 0.29) is 17.6 Å². The Morgan fingerprint density at radius 3 is 2.61 bits per heavy atom. The highest BCUT2D eigenvalue weighted by molar-refractivity contribution is 7.99. The number of carbonyl (C=O) groups excluding carboxylic acids is 2. The SMILES string of the molecule is CCCCOC(=O)c1ccc(NC(=O)CSc2ccc3ccccc3n2)cc1. The Kier molecular flexibility index (Phi) is 7.03. The number of nitrogens with zero attached hydrogens (tertiary/aromatic N) is 1. The van der Waals surface area contributed by atoms with Crippen LogP contribution in [0.15, 0.2) is 65.7 Å². The van der Waals surface area contributed by atoms with E-state index in [1.54, 1.807) is 24.3 Å². The maximum absolute atomic E-state index is 12.2. The van der Waals surface area contributed by atoms with E-state index in [4.69, 9.17) is 4.74 Å². The number of rotatable bonds is 8. The van der Waals surface area contributed by atoms with Crippen molar-refractivity contribution in [3.63, 3.8) is 0 Å². The van der Waals surface area contributed by atoms with Crippen LogP contribution < -0.4 is 5.32 Å². The first-order valence-electron chi connectivity index (χ1n) is 9.21. The van der Waals surface area contributed by atoms with Crippen molar-refractivity contribution >= 4 is 40.2 Å². The third-order valence-corrected chi connectivity index (χ3v) is 4.99. The van der Waals surface area contributed by atoms with Crippen molar-refractivity contribution in [3.8, 4) is 0 Å². The lowest BCUT2D eigenvalue weighted by Crippen LogP contribution is -2.14. The number of nitrogens with one attached hydrogen (secondary N) is 1. The van der Waals surface area contributed by atoms with Gasteiger partial charge in [-0.1, -0.05) is 49.4 Å². The zero-order valence-electron chi connectivity index (χ0n) is 15.7. The van der Waals surface area contributed by atoms with Crippen molar-refractivity contribution in [2.24, 2.45) is 0 Å². The van der Waals surface area contributed by atoms with Crippen molar-refractivity contribution in [1.29, 1.82) is 0 Å². The zero-order chi connectivity index (χ0) is 19.8. The molecule has 3 rings (SSSR count). The van der Waals surface area contributed by atoms with Crippen molar-refractivity contribution in [2.45, 2.75) is 24.8 Å². The minimum absolute atomic E-state index is 0.127. The quantitative estimate of drug-likeness (QED) is 0.334. The molecule has 5 nitrogen and oxygen atoms in total. The third-order valence-electron chi connectivity index (χ3n) is 4.06. The Bertz CT molecular complexity index is 957. The number of hydrogen-bond donors (Lipinski definition) is 1. The van der Waals surface area contributed by atoms with E-state index in [9.17, 15) is 9.59 Å². The largest absolute Gasteiger partial charge is 0.462 e. The number of amides is 1. The van der Waals surface area contributed by atoms with Crippen LogP contribution >= 0.6 is 11.8 Å². The van der Waals surface area contributed by atoms with Gasteiger partial charge in [-0.2, -0.15) is 0 Å². The number of esters is 1. The molecule has 1 aromatic heterocycles. The van der Waals surface area contributed by atoms with Crippen LogP contribution in [0, 0.1) is 0 Å². The summed E-state index contributed by atoms with van der Waals surface area (Å²) in [5.74, 6) is -0.214. The lowest BCUT2D eigenvalue weighted by Gasteiger charge is -2.07. The number of fused-ring (bicyclic) bond motifs is 1. The summed E-state index contributed by atoms with van der Waals surface area (Å²) in [4.78, 5) is 28.6. The van der Waals surface area contributed by atoms with Crippen molar-refractivity contribution in [3.05, 3.63) is 66.2 Å². The zero-order valence-corrected chi connectivity index (χ0v) is 16.5. The molecule has 144 valence electrons. The minimum Gasteiger partial charge on any atom is -0.462 e. The summed E-state index contributed by atoms with van der Waals surface area (Å²) in [5, 5.41) is 4.71. The van der Waals surface area contributed by atoms with Gasteiger partial charge >= 0.3 is 5.97 Å². The molecule has 0 aliphatic rings. The van der Waals surface area contributed by atoms with Crippen molar-refractivity contribution < 1.29 is 14.3 Å². The highest BCUT2D eigenvalue weighted by Gasteiger charge is 2.09. The molecule has 0 unspecified atom stereocenters. The van der Waals surface area contributed by atoms with E-state index >= 15 is 0 Å². The number of ether oxygens (including phenoxy) is 1. The molecule has 0 radical (unpaired) electrons. The van der Waals surface area contributed by atoms with Crippen LogP contribution in [0.25, 0.3) is 10.9 Å². The van der Waals surface area contributed by atoms with Crippen LogP contribution in [0.3, 0.4) is 0 Å². The number of pyridine rings is 1. The molecule has 1 N–H and O–H groups in total. The Morgan fingerprint density at radius 2 is 1.82 bits per heavy atom. The van der Waals surface area contributed by atoms with Crippen molar-refractivity contribution in [1.82, 2.24) is 4.98 Å². The normalized spacial score (nSPS) is 10.6. The number of unbranched alkanes of at least 4 members (excludes halogenated alkanes) is 1. The fourth-order valence-electron chi connectivity index (χ4n) is 2.55. The van der Waals surface area contributed by atoms with E-state index in [0.29, 0.717) is 17.9 Å². The number of benzene rings is 2. The first-order valence-corrected chi connectivity index (χ1v) is 10.2. The first-order chi connectivity index (χ1) is 13.7. The highest BCUT2D eigenvalue weighted by atomic mass is 32.2. The molecule has 1 amide bonds. The lowest BCUT2D eigenvalue weighted by atomic mass is 10.2. The van der Waals surface area contributed by atoms with Crippen LogP contribution in [-0.2, 0) is 9.53 Å². The predicted molar refractivity (Wildman–Crippen MR) is 113 cm³/mol. The topological polar surface area (TPSA) is 68.3 Å². The monoisotopic (exact) mass is 394 g/mol. The Labute approximate surface area is 168 Å². The summed E-state index contributed by atoms with van der Waals surface area (Å²) in [7, 11) is 0. The number of para-hydroxylation sites is 1. The number of carbonyl (C=O) groups is 2. The fourth-order valence-corrected chi connectivity index (χ4v) is 3.22. The molecule has 2 aromatic carbocycles. The van der Waals surface area contributed by atoms with E-state index in [0.717, 1.165) is 28.8 Å². The van der Waals surface area contributed by atoms with Gasteiger partial charge < -0.3 is 10.1 Å². The summed E-state index contributed by atoms with van der Waals surface area (Å²) >= 11 is 1.38. The van der Waals surface area contributed by atoms with Crippen LogP contribution in [0.1, 0.15) is 30.1 Å². The third kappa shape index (κ3) is 5.57. The van der Waals surface area contributed by atoms with Crippen LogP contribution in [0.5, 0.6) is 0 Å². The number of aromatic nitrogens is 1. The van der Waals surface area contributed by atoms with Crippen LogP contribution in [0.4, 0.5) is 5.69 Å². The van der Waals surface area contributed by atoms with Gasteiger partial charge in [-0.25, -0.2) is 9.78 Å². The number of thioether (sulfide) groups is 1. The van der Waals surface area contributed by atoms with Crippen LogP contribution in [-0.4, -0.2) is 29.2 Å². The lowest BCUT2D eigenvalue weighted by molar-refractivity contribution is -0.113. The molecule has 6 heteroatoms. The molecule has 0 aliphatic heterocycles. The van der Waals surface area contributed by atoms with Gasteiger partial charge in [0.05, 0.1) is 28.5 Å². The van der Waals surface area contributed by atoms with E-state index in [1.807, 2.05) is 43.3 Å². The summed E-state index contributed by atoms with van der Waals surface area (Å²) < 4.78 is 5.17. The average molecular weight is 394 g/mol. The molecular formula is C22H22N2O3S. The molecule has 0 bridgehead atoms. The second-order valence-corrected chi connectivity index (χ2v) is 7.24. The smallest absolute Gasteiger partial charge is 0.338 e. The maximum Gasteiger partial charge on any atom is 0.338 e. The summed E-state index contributed by atoms with van der Waals surface area (Å²) in [6.07, 6.45) is 1.83. The molecule has 28 heavy (non-hydrogen) atoms. The van der Waals surface area contributed by atoms with Crippen molar-refractivity contribution in [2.75, 3.05) is 17.7 Å². The molecule has 0 aliphatic carbocycles. The standard InChI is InChI=1S/C22H22N2O3S/c1-2-3-14-27-22(26)17-8-11-18(12-9-17)23-20(25)15-28-21-13-10-16-6-4-5-7-19(16)24-21/h4-13H,2-3,14-15H2,1H3,(H,23,25). The van der Waals surface area contributed by atoms with Gasteiger partial charge in [0.25, 0.3) is 0 Å². The summed E-state index contributed by atoms with van der Waals surface area (Å²) in [6.45, 7) is 2.47. The summed E-state index contributed by atoms with van der Waals surface area (Å²) in [6, 6.07) is 18.5. The maximum atomic E-state index is 12.2. The molecule has 1 heterocycles. The van der Waals surface area contributed by atoms with E-state index in [2.05, 4.69) is 10.3 Å². The molecule has 3 aromatic rings.